The van der Waals surface area contributed by atoms with Gasteiger partial charge in [-0.2, -0.15) is 0 Å². The van der Waals surface area contributed by atoms with Crippen molar-refractivity contribution in [3.05, 3.63) is 29.8 Å². The number of hydrogen-bond acceptors (Lipinski definition) is 3. The van der Waals surface area contributed by atoms with E-state index in [4.69, 9.17) is 0 Å². The van der Waals surface area contributed by atoms with Crippen LogP contribution in [0.1, 0.15) is 30.1 Å². The number of carbonyl (C=O) groups excluding carboxylic acids is 3. The maximum absolute atomic E-state index is 12.3. The summed E-state index contributed by atoms with van der Waals surface area (Å²) in [4.78, 5) is 39.0. The number of Topliss-reactive ketones (excluding diaryl/α,β-unsaturated/α-hetero) is 1. The molecule has 25 heavy (non-hydrogen) atoms. The summed E-state index contributed by atoms with van der Waals surface area (Å²) in [5.41, 5.74) is 1.42. The molecular formula is C19H23N3O3. The van der Waals surface area contributed by atoms with E-state index >= 15 is 0 Å². The van der Waals surface area contributed by atoms with Crippen LogP contribution in [-0.4, -0.2) is 48.8 Å². The highest BCUT2D eigenvalue weighted by Crippen LogP contribution is 2.24. The Morgan fingerprint density at radius 2 is 1.84 bits per heavy atom. The molecule has 132 valence electrons. The average molecular weight is 341 g/mol. The number of carbonyl (C=O) groups is 3. The molecule has 0 aromatic heterocycles. The molecule has 1 aromatic carbocycles. The molecule has 3 amide bonds. The van der Waals surface area contributed by atoms with Crippen LogP contribution in [0.2, 0.25) is 0 Å². The first-order valence-electron chi connectivity index (χ1n) is 8.31. The Balaban J connectivity index is 0.00000109. The molecule has 0 radical (unpaired) electrons. The van der Waals surface area contributed by atoms with Crippen LogP contribution in [0, 0.1) is 18.8 Å². The van der Waals surface area contributed by atoms with Gasteiger partial charge < -0.3 is 10.2 Å². The first-order valence-corrected chi connectivity index (χ1v) is 8.31. The van der Waals surface area contributed by atoms with Crippen molar-refractivity contribution in [2.45, 2.75) is 25.8 Å². The summed E-state index contributed by atoms with van der Waals surface area (Å²) in [6.07, 6.45) is 9.09. The van der Waals surface area contributed by atoms with Gasteiger partial charge in [-0.15, -0.1) is 12.8 Å². The van der Waals surface area contributed by atoms with Crippen molar-refractivity contribution in [1.82, 2.24) is 10.2 Å². The normalized spacial score (nSPS) is 21.9. The lowest BCUT2D eigenvalue weighted by Gasteiger charge is -2.35. The lowest BCUT2D eigenvalue weighted by atomic mass is 9.84. The van der Waals surface area contributed by atoms with E-state index in [1.807, 2.05) is 6.92 Å². The Morgan fingerprint density at radius 1 is 1.20 bits per heavy atom. The van der Waals surface area contributed by atoms with Crippen LogP contribution in [0.4, 0.5) is 10.5 Å². The van der Waals surface area contributed by atoms with E-state index < -0.39 is 0 Å². The number of terminal acetylenes is 1. The number of β-lactam (4-membered cyclic amide) rings is 1. The van der Waals surface area contributed by atoms with E-state index in [0.29, 0.717) is 25.1 Å². The fourth-order valence-corrected chi connectivity index (χ4v) is 3.17. The first-order chi connectivity index (χ1) is 12.0. The van der Waals surface area contributed by atoms with Gasteiger partial charge in [-0.3, -0.25) is 14.5 Å². The van der Waals surface area contributed by atoms with Gasteiger partial charge in [0.15, 0.2) is 5.78 Å². The molecule has 0 saturated carbocycles. The van der Waals surface area contributed by atoms with Gasteiger partial charge in [0.25, 0.3) is 0 Å². The predicted octanol–water partition coefficient (Wildman–Crippen LogP) is 1.91. The minimum Gasteiger partial charge on any atom is -0.352 e. The van der Waals surface area contributed by atoms with Crippen LogP contribution >= 0.6 is 0 Å². The third-order valence-electron chi connectivity index (χ3n) is 4.71. The van der Waals surface area contributed by atoms with Crippen molar-refractivity contribution < 1.29 is 14.4 Å². The third kappa shape index (κ3) is 3.66. The van der Waals surface area contributed by atoms with E-state index in [1.54, 1.807) is 41.1 Å². The molecule has 1 N–H and O–H groups in total. The number of urea groups is 1. The number of nitrogens with zero attached hydrogens (tertiary/aromatic N) is 2. The van der Waals surface area contributed by atoms with Gasteiger partial charge in [0.05, 0.1) is 5.92 Å². The summed E-state index contributed by atoms with van der Waals surface area (Å²) in [5.74, 6) is 0.0122. The summed E-state index contributed by atoms with van der Waals surface area (Å²) in [7, 11) is 1.78. The number of anilines is 1. The molecule has 3 rings (SSSR count). The molecule has 2 fully saturated rings. The summed E-state index contributed by atoms with van der Waals surface area (Å²) >= 11 is 0. The Kier molecular flexibility index (Phi) is 5.81. The SMILES string of the molecule is C#C.CC[C@H]1C(=O)NC1CC(=O)c1ccc(N2CCN(C)C2=O)cc1. The molecule has 0 spiro atoms. The molecular weight excluding hydrogens is 318 g/mol. The topological polar surface area (TPSA) is 69.7 Å². The second kappa shape index (κ2) is 7.84. The lowest BCUT2D eigenvalue weighted by molar-refractivity contribution is -0.134. The van der Waals surface area contributed by atoms with Crippen LogP contribution in [0.3, 0.4) is 0 Å². The zero-order valence-electron chi connectivity index (χ0n) is 14.6. The maximum Gasteiger partial charge on any atom is 0.324 e. The van der Waals surface area contributed by atoms with Crippen LogP contribution in [0.5, 0.6) is 0 Å². The van der Waals surface area contributed by atoms with E-state index in [2.05, 4.69) is 18.2 Å². The second-order valence-electron chi connectivity index (χ2n) is 6.16. The fourth-order valence-electron chi connectivity index (χ4n) is 3.17. The van der Waals surface area contributed by atoms with Crippen LogP contribution < -0.4 is 10.2 Å². The molecule has 1 unspecified atom stereocenters. The summed E-state index contributed by atoms with van der Waals surface area (Å²) in [5, 5.41) is 2.79. The van der Waals surface area contributed by atoms with E-state index in [0.717, 1.165) is 12.1 Å². The number of likely N-dealkylation sites (N-methyl/N-ethyl adjacent to an activating group) is 1. The van der Waals surface area contributed by atoms with Gasteiger partial charge in [0, 0.05) is 43.9 Å². The average Bonchev–Trinajstić information content (AvgIpc) is 2.95. The molecule has 2 aliphatic rings. The third-order valence-corrected chi connectivity index (χ3v) is 4.71. The number of hydrogen-bond donors (Lipinski definition) is 1. The van der Waals surface area contributed by atoms with Gasteiger partial charge >= 0.3 is 6.03 Å². The maximum atomic E-state index is 12.3. The van der Waals surface area contributed by atoms with Gasteiger partial charge in [0.1, 0.15) is 0 Å². The molecule has 6 nitrogen and oxygen atoms in total. The number of ketones is 1. The minimum absolute atomic E-state index is 0.0184. The quantitative estimate of drug-likeness (QED) is 0.505. The van der Waals surface area contributed by atoms with Crippen LogP contribution in [0.25, 0.3) is 0 Å². The monoisotopic (exact) mass is 341 g/mol. The number of rotatable bonds is 5. The van der Waals surface area contributed by atoms with E-state index in [-0.39, 0.29) is 29.7 Å². The molecule has 0 aliphatic carbocycles. The standard InChI is InChI=1S/C17H21N3O3.C2H2/c1-3-13-14(18-16(13)22)10-15(21)11-4-6-12(7-5-11)20-9-8-19(2)17(20)23;1-2/h4-7,13-14H,3,8-10H2,1-2H3,(H,18,22);1-2H/t13-,14?;/m1./s1. The number of amides is 3. The molecule has 2 atom stereocenters. The Morgan fingerprint density at radius 3 is 2.32 bits per heavy atom. The fraction of sp³-hybridized carbons (Fsp3) is 0.421. The molecule has 2 aliphatic heterocycles. The van der Waals surface area contributed by atoms with Gasteiger partial charge in [0.2, 0.25) is 5.91 Å². The van der Waals surface area contributed by atoms with Crippen molar-refractivity contribution in [1.29, 1.82) is 0 Å². The Hall–Kier alpha value is -2.81. The van der Waals surface area contributed by atoms with Crippen molar-refractivity contribution in [3.63, 3.8) is 0 Å². The lowest BCUT2D eigenvalue weighted by Crippen LogP contribution is -2.58. The van der Waals surface area contributed by atoms with Crippen molar-refractivity contribution >= 4 is 23.4 Å². The highest BCUT2D eigenvalue weighted by atomic mass is 16.2. The second-order valence-corrected chi connectivity index (χ2v) is 6.16. The predicted molar refractivity (Wildman–Crippen MR) is 96.4 cm³/mol. The van der Waals surface area contributed by atoms with Crippen LogP contribution in [-0.2, 0) is 4.79 Å². The van der Waals surface area contributed by atoms with Gasteiger partial charge in [-0.25, -0.2) is 4.79 Å². The van der Waals surface area contributed by atoms with Crippen molar-refractivity contribution in [3.8, 4) is 12.8 Å². The smallest absolute Gasteiger partial charge is 0.324 e. The zero-order chi connectivity index (χ0) is 18.6. The van der Waals surface area contributed by atoms with E-state index in [1.165, 1.54) is 0 Å². The van der Waals surface area contributed by atoms with Crippen LogP contribution in [0.15, 0.2) is 24.3 Å². The summed E-state index contributed by atoms with van der Waals surface area (Å²) < 4.78 is 0. The molecule has 2 heterocycles. The van der Waals surface area contributed by atoms with Crippen molar-refractivity contribution in [2.24, 2.45) is 5.92 Å². The summed E-state index contributed by atoms with van der Waals surface area (Å²) in [6, 6.07) is 7.05. The highest BCUT2D eigenvalue weighted by molar-refractivity contribution is 5.99. The Labute approximate surface area is 148 Å². The Bertz CT molecular complexity index is 681. The molecule has 0 bridgehead atoms. The number of nitrogens with one attached hydrogen (secondary N) is 1. The number of benzene rings is 1. The van der Waals surface area contributed by atoms with E-state index in [9.17, 15) is 14.4 Å². The highest BCUT2D eigenvalue weighted by Gasteiger charge is 2.38. The largest absolute Gasteiger partial charge is 0.352 e. The molecule has 1 aromatic rings. The molecule has 6 heteroatoms. The van der Waals surface area contributed by atoms with Gasteiger partial charge in [-0.1, -0.05) is 6.92 Å². The first kappa shape index (κ1) is 18.5. The summed E-state index contributed by atoms with van der Waals surface area (Å²) in [6.45, 7) is 3.33. The zero-order valence-corrected chi connectivity index (χ0v) is 14.6. The minimum atomic E-state index is -0.0477. The van der Waals surface area contributed by atoms with Gasteiger partial charge in [-0.05, 0) is 30.7 Å². The van der Waals surface area contributed by atoms with Crippen molar-refractivity contribution in [2.75, 3.05) is 25.0 Å². The molecule has 2 saturated heterocycles.